The van der Waals surface area contributed by atoms with Gasteiger partial charge in [-0.05, 0) is 6.92 Å². The van der Waals surface area contributed by atoms with Crippen molar-refractivity contribution < 1.29 is 0 Å². The summed E-state index contributed by atoms with van der Waals surface area (Å²) >= 11 is 6.04. The topological polar surface area (TPSA) is 80.5 Å². The molecule has 1 unspecified atom stereocenters. The van der Waals surface area contributed by atoms with Gasteiger partial charge < -0.3 is 15.2 Å². The number of nitrogens with zero attached hydrogens (tertiary/aromatic N) is 5. The summed E-state index contributed by atoms with van der Waals surface area (Å²) in [5.41, 5.74) is 0. The minimum atomic E-state index is -0.0605. The quantitative estimate of drug-likeness (QED) is 0.873. The van der Waals surface area contributed by atoms with E-state index in [0.29, 0.717) is 16.8 Å². The van der Waals surface area contributed by atoms with Crippen LogP contribution in [0.5, 0.6) is 0 Å². The molecule has 0 amide bonds. The molecular formula is C10H14ClN7. The summed E-state index contributed by atoms with van der Waals surface area (Å²) in [5, 5.41) is 14.4. The molecule has 2 aromatic heterocycles. The van der Waals surface area contributed by atoms with E-state index in [9.17, 15) is 0 Å². The van der Waals surface area contributed by atoms with Crippen LogP contribution in [0, 0.1) is 0 Å². The van der Waals surface area contributed by atoms with Crippen LogP contribution in [0.25, 0.3) is 0 Å². The van der Waals surface area contributed by atoms with Gasteiger partial charge in [-0.15, -0.1) is 10.2 Å². The van der Waals surface area contributed by atoms with E-state index >= 15 is 0 Å². The number of nitrogens with one attached hydrogen (secondary N) is 2. The molecule has 8 heteroatoms. The van der Waals surface area contributed by atoms with Crippen molar-refractivity contribution >= 4 is 23.4 Å². The lowest BCUT2D eigenvalue weighted by atomic mass is 10.3. The Morgan fingerprint density at radius 2 is 2.22 bits per heavy atom. The minimum Gasteiger partial charge on any atom is -0.359 e. The molecule has 18 heavy (non-hydrogen) atoms. The fourth-order valence-corrected chi connectivity index (χ4v) is 1.69. The molecule has 0 aliphatic heterocycles. The number of aryl methyl sites for hydroxylation is 1. The number of halogens is 1. The van der Waals surface area contributed by atoms with Gasteiger partial charge in [-0.1, -0.05) is 11.6 Å². The lowest BCUT2D eigenvalue weighted by molar-refractivity contribution is 0.716. The zero-order valence-corrected chi connectivity index (χ0v) is 11.1. The molecule has 2 N–H and O–H groups in total. The van der Waals surface area contributed by atoms with Crippen molar-refractivity contribution in [2.24, 2.45) is 7.05 Å². The maximum absolute atomic E-state index is 6.04. The van der Waals surface area contributed by atoms with Gasteiger partial charge in [-0.3, -0.25) is 0 Å². The Balaban J connectivity index is 2.21. The Kier molecular flexibility index (Phi) is 3.61. The van der Waals surface area contributed by atoms with E-state index in [-0.39, 0.29) is 6.04 Å². The zero-order chi connectivity index (χ0) is 13.1. The third-order valence-electron chi connectivity index (χ3n) is 2.45. The smallest absolute Gasteiger partial charge is 0.224 e. The molecular weight excluding hydrogens is 254 g/mol. The number of hydrogen-bond donors (Lipinski definition) is 2. The van der Waals surface area contributed by atoms with Crippen molar-refractivity contribution in [1.29, 1.82) is 0 Å². The molecule has 7 nitrogen and oxygen atoms in total. The SMILES string of the molecule is CNc1ncc(Cl)c(NC(C)c2nncn2C)n1. The van der Waals surface area contributed by atoms with Crippen LogP contribution in [0.2, 0.25) is 5.02 Å². The second kappa shape index (κ2) is 5.18. The van der Waals surface area contributed by atoms with Crippen LogP contribution < -0.4 is 10.6 Å². The number of rotatable bonds is 4. The summed E-state index contributed by atoms with van der Waals surface area (Å²) in [5.74, 6) is 1.87. The first kappa shape index (κ1) is 12.6. The molecule has 0 aromatic carbocycles. The van der Waals surface area contributed by atoms with Gasteiger partial charge in [-0.25, -0.2) is 4.98 Å². The normalized spacial score (nSPS) is 12.2. The molecule has 0 fully saturated rings. The van der Waals surface area contributed by atoms with Crippen molar-refractivity contribution in [2.75, 3.05) is 17.7 Å². The van der Waals surface area contributed by atoms with E-state index in [0.717, 1.165) is 5.82 Å². The van der Waals surface area contributed by atoms with Gasteiger partial charge in [0.05, 0.1) is 12.2 Å². The summed E-state index contributed by atoms with van der Waals surface area (Å²) in [6.07, 6.45) is 3.19. The predicted molar refractivity (Wildman–Crippen MR) is 69.6 cm³/mol. The van der Waals surface area contributed by atoms with Crippen molar-refractivity contribution in [1.82, 2.24) is 24.7 Å². The van der Waals surface area contributed by atoms with Crippen molar-refractivity contribution in [3.05, 3.63) is 23.4 Å². The van der Waals surface area contributed by atoms with E-state index in [2.05, 4.69) is 30.8 Å². The lowest BCUT2D eigenvalue weighted by Crippen LogP contribution is -2.13. The third-order valence-corrected chi connectivity index (χ3v) is 2.73. The fourth-order valence-electron chi connectivity index (χ4n) is 1.54. The van der Waals surface area contributed by atoms with Crippen LogP contribution in [0.3, 0.4) is 0 Å². The molecule has 0 saturated carbocycles. The largest absolute Gasteiger partial charge is 0.359 e. The maximum Gasteiger partial charge on any atom is 0.224 e. The Labute approximate surface area is 110 Å². The summed E-state index contributed by atoms with van der Waals surface area (Å²) in [6.45, 7) is 1.96. The molecule has 0 saturated heterocycles. The standard InChI is InChI=1S/C10H14ClN7/c1-6(9-17-14-5-18(9)3)15-8-7(11)4-13-10(12-2)16-8/h4-6H,1-3H3,(H2,12,13,15,16). The predicted octanol–water partition coefficient (Wildman–Crippen LogP) is 1.47. The molecule has 1 atom stereocenters. The summed E-state index contributed by atoms with van der Waals surface area (Å²) in [4.78, 5) is 8.27. The van der Waals surface area contributed by atoms with Crippen LogP contribution in [0.4, 0.5) is 11.8 Å². The minimum absolute atomic E-state index is 0.0605. The molecule has 0 aliphatic rings. The molecule has 0 aliphatic carbocycles. The highest BCUT2D eigenvalue weighted by molar-refractivity contribution is 6.32. The van der Waals surface area contributed by atoms with Crippen LogP contribution in [0.1, 0.15) is 18.8 Å². The van der Waals surface area contributed by atoms with Crippen molar-refractivity contribution in [3.8, 4) is 0 Å². The van der Waals surface area contributed by atoms with Crippen LogP contribution in [-0.2, 0) is 7.05 Å². The molecule has 0 spiro atoms. The van der Waals surface area contributed by atoms with E-state index in [1.165, 1.54) is 0 Å². The summed E-state index contributed by atoms with van der Waals surface area (Å²) < 4.78 is 1.84. The maximum atomic E-state index is 6.04. The summed E-state index contributed by atoms with van der Waals surface area (Å²) in [6, 6.07) is -0.0605. The first-order valence-electron chi connectivity index (χ1n) is 5.42. The van der Waals surface area contributed by atoms with Gasteiger partial charge in [0.25, 0.3) is 0 Å². The van der Waals surface area contributed by atoms with Crippen molar-refractivity contribution in [2.45, 2.75) is 13.0 Å². The average molecular weight is 268 g/mol. The van der Waals surface area contributed by atoms with Gasteiger partial charge in [-0.2, -0.15) is 4.98 Å². The molecule has 2 aromatic rings. The Morgan fingerprint density at radius 3 is 2.83 bits per heavy atom. The number of hydrogen-bond acceptors (Lipinski definition) is 6. The summed E-state index contributed by atoms with van der Waals surface area (Å²) in [7, 11) is 3.63. The molecule has 0 bridgehead atoms. The number of anilines is 2. The second-order valence-corrected chi connectivity index (χ2v) is 4.21. The fraction of sp³-hybridized carbons (Fsp3) is 0.400. The Bertz CT molecular complexity index is 539. The lowest BCUT2D eigenvalue weighted by Gasteiger charge is -2.14. The number of aromatic nitrogens is 5. The van der Waals surface area contributed by atoms with Gasteiger partial charge in [0, 0.05) is 14.1 Å². The highest BCUT2D eigenvalue weighted by Gasteiger charge is 2.14. The van der Waals surface area contributed by atoms with Crippen LogP contribution in [0.15, 0.2) is 12.5 Å². The van der Waals surface area contributed by atoms with E-state index in [4.69, 9.17) is 11.6 Å². The van der Waals surface area contributed by atoms with E-state index in [1.807, 2.05) is 18.5 Å². The van der Waals surface area contributed by atoms with Gasteiger partial charge in [0.2, 0.25) is 5.95 Å². The van der Waals surface area contributed by atoms with Gasteiger partial charge in [0.15, 0.2) is 11.6 Å². The van der Waals surface area contributed by atoms with Crippen LogP contribution >= 0.6 is 11.6 Å². The third kappa shape index (κ3) is 2.51. The van der Waals surface area contributed by atoms with Crippen molar-refractivity contribution in [3.63, 3.8) is 0 Å². The van der Waals surface area contributed by atoms with Crippen LogP contribution in [-0.4, -0.2) is 31.8 Å². The molecule has 0 radical (unpaired) electrons. The second-order valence-electron chi connectivity index (χ2n) is 3.81. The monoisotopic (exact) mass is 267 g/mol. The first-order valence-corrected chi connectivity index (χ1v) is 5.80. The highest BCUT2D eigenvalue weighted by atomic mass is 35.5. The zero-order valence-electron chi connectivity index (χ0n) is 10.3. The average Bonchev–Trinajstić information content (AvgIpc) is 2.78. The van der Waals surface area contributed by atoms with E-state index in [1.54, 1.807) is 19.6 Å². The highest BCUT2D eigenvalue weighted by Crippen LogP contribution is 2.23. The Morgan fingerprint density at radius 1 is 1.44 bits per heavy atom. The molecule has 2 heterocycles. The van der Waals surface area contributed by atoms with Gasteiger partial charge in [0.1, 0.15) is 11.3 Å². The van der Waals surface area contributed by atoms with E-state index < -0.39 is 0 Å². The first-order chi connectivity index (χ1) is 8.61. The molecule has 96 valence electrons. The molecule has 2 rings (SSSR count). The van der Waals surface area contributed by atoms with Gasteiger partial charge >= 0.3 is 0 Å². The Hall–Kier alpha value is -1.89.